The van der Waals surface area contributed by atoms with E-state index in [4.69, 9.17) is 4.74 Å². The van der Waals surface area contributed by atoms with E-state index in [1.165, 1.54) is 36.8 Å². The summed E-state index contributed by atoms with van der Waals surface area (Å²) < 4.78 is 5.49. The quantitative estimate of drug-likeness (QED) is 0.855. The second-order valence-corrected chi connectivity index (χ2v) is 6.30. The molecule has 2 heteroatoms. The van der Waals surface area contributed by atoms with E-state index in [0.717, 1.165) is 24.1 Å². The third kappa shape index (κ3) is 3.54. The summed E-state index contributed by atoms with van der Waals surface area (Å²) in [5.41, 5.74) is 2.59. The zero-order chi connectivity index (χ0) is 14.5. The Labute approximate surface area is 123 Å². The van der Waals surface area contributed by atoms with Crippen molar-refractivity contribution in [2.45, 2.75) is 52.5 Å². The fourth-order valence-corrected chi connectivity index (χ4v) is 3.59. The topological polar surface area (TPSA) is 21.3 Å². The van der Waals surface area contributed by atoms with Crippen molar-refractivity contribution in [2.24, 2.45) is 11.8 Å². The van der Waals surface area contributed by atoms with Crippen LogP contribution in [0.2, 0.25) is 0 Å². The van der Waals surface area contributed by atoms with E-state index in [2.05, 4.69) is 44.3 Å². The van der Waals surface area contributed by atoms with Gasteiger partial charge >= 0.3 is 0 Å². The smallest absolute Gasteiger partial charge is 0.122 e. The van der Waals surface area contributed by atoms with Gasteiger partial charge in [-0.15, -0.1) is 0 Å². The van der Waals surface area contributed by atoms with E-state index in [0.29, 0.717) is 6.04 Å². The SMILES string of the molecule is CCNC(c1ccc(C)c(OC)c1)C1CCCC(C)C1. The molecule has 3 atom stereocenters. The molecule has 1 fully saturated rings. The summed E-state index contributed by atoms with van der Waals surface area (Å²) in [6.07, 6.45) is 5.45. The first kappa shape index (κ1) is 15.4. The summed E-state index contributed by atoms with van der Waals surface area (Å²) in [5.74, 6) is 2.63. The van der Waals surface area contributed by atoms with Crippen molar-refractivity contribution in [1.82, 2.24) is 5.32 Å². The molecule has 1 saturated carbocycles. The van der Waals surface area contributed by atoms with Crippen LogP contribution in [0.3, 0.4) is 0 Å². The molecule has 1 aromatic carbocycles. The lowest BCUT2D eigenvalue weighted by atomic mass is 9.76. The average Bonchev–Trinajstić information content (AvgIpc) is 2.45. The van der Waals surface area contributed by atoms with Crippen LogP contribution < -0.4 is 10.1 Å². The highest BCUT2D eigenvalue weighted by molar-refractivity contribution is 5.38. The molecule has 0 aliphatic heterocycles. The van der Waals surface area contributed by atoms with Crippen molar-refractivity contribution >= 4 is 0 Å². The van der Waals surface area contributed by atoms with Crippen LogP contribution in [-0.2, 0) is 0 Å². The first-order valence-corrected chi connectivity index (χ1v) is 8.03. The average molecular weight is 275 g/mol. The zero-order valence-electron chi connectivity index (χ0n) is 13.4. The molecular weight excluding hydrogens is 246 g/mol. The second-order valence-electron chi connectivity index (χ2n) is 6.30. The Hall–Kier alpha value is -1.02. The van der Waals surface area contributed by atoms with Gasteiger partial charge in [-0.05, 0) is 55.3 Å². The van der Waals surface area contributed by atoms with Crippen LogP contribution in [0.15, 0.2) is 18.2 Å². The molecule has 0 aromatic heterocycles. The highest BCUT2D eigenvalue weighted by Gasteiger charge is 2.27. The fourth-order valence-electron chi connectivity index (χ4n) is 3.59. The van der Waals surface area contributed by atoms with Crippen LogP contribution in [0.5, 0.6) is 5.75 Å². The Balaban J connectivity index is 2.23. The Morgan fingerprint density at radius 2 is 2.15 bits per heavy atom. The maximum absolute atomic E-state index is 5.49. The molecule has 112 valence electrons. The lowest BCUT2D eigenvalue weighted by molar-refractivity contribution is 0.225. The summed E-state index contributed by atoms with van der Waals surface area (Å²) in [5, 5.41) is 3.70. The summed E-state index contributed by atoms with van der Waals surface area (Å²) in [6.45, 7) is 7.72. The molecule has 1 aliphatic rings. The normalized spacial score (nSPS) is 24.4. The minimum absolute atomic E-state index is 0.470. The lowest BCUT2D eigenvalue weighted by Crippen LogP contribution is -2.31. The highest BCUT2D eigenvalue weighted by Crippen LogP contribution is 2.38. The van der Waals surface area contributed by atoms with E-state index in [1.807, 2.05) is 0 Å². The Morgan fingerprint density at radius 3 is 2.80 bits per heavy atom. The van der Waals surface area contributed by atoms with Crippen molar-refractivity contribution in [3.8, 4) is 5.75 Å². The molecular formula is C18H29NO. The first-order valence-electron chi connectivity index (χ1n) is 8.03. The molecule has 3 unspecified atom stereocenters. The molecule has 1 aliphatic carbocycles. The molecule has 0 saturated heterocycles. The maximum atomic E-state index is 5.49. The maximum Gasteiger partial charge on any atom is 0.122 e. The Morgan fingerprint density at radius 1 is 1.35 bits per heavy atom. The van der Waals surface area contributed by atoms with Gasteiger partial charge in [-0.1, -0.05) is 38.8 Å². The molecule has 0 amide bonds. The first-order chi connectivity index (χ1) is 9.65. The van der Waals surface area contributed by atoms with E-state index in [-0.39, 0.29) is 0 Å². The largest absolute Gasteiger partial charge is 0.496 e. The number of ether oxygens (including phenoxy) is 1. The van der Waals surface area contributed by atoms with Crippen molar-refractivity contribution in [3.05, 3.63) is 29.3 Å². The van der Waals surface area contributed by atoms with Crippen LogP contribution >= 0.6 is 0 Å². The molecule has 0 spiro atoms. The van der Waals surface area contributed by atoms with E-state index in [9.17, 15) is 0 Å². The number of hydrogen-bond acceptors (Lipinski definition) is 2. The van der Waals surface area contributed by atoms with Gasteiger partial charge in [0.25, 0.3) is 0 Å². The van der Waals surface area contributed by atoms with Gasteiger partial charge in [0, 0.05) is 6.04 Å². The van der Waals surface area contributed by atoms with Gasteiger partial charge in [-0.3, -0.25) is 0 Å². The van der Waals surface area contributed by atoms with Gasteiger partial charge in [-0.25, -0.2) is 0 Å². The third-order valence-corrected chi connectivity index (χ3v) is 4.66. The van der Waals surface area contributed by atoms with Crippen LogP contribution in [0, 0.1) is 18.8 Å². The van der Waals surface area contributed by atoms with E-state index >= 15 is 0 Å². The van der Waals surface area contributed by atoms with Gasteiger partial charge in [0.2, 0.25) is 0 Å². The standard InChI is InChI=1S/C18H29NO/c1-5-19-18(15-8-6-7-13(2)11-15)16-10-9-14(3)17(12-16)20-4/h9-10,12-13,15,18-19H,5-8,11H2,1-4H3. The van der Waals surface area contributed by atoms with Gasteiger partial charge in [0.15, 0.2) is 0 Å². The third-order valence-electron chi connectivity index (χ3n) is 4.66. The molecule has 1 N–H and O–H groups in total. The number of aryl methyl sites for hydroxylation is 1. The highest BCUT2D eigenvalue weighted by atomic mass is 16.5. The molecule has 0 radical (unpaired) electrons. The van der Waals surface area contributed by atoms with Crippen molar-refractivity contribution < 1.29 is 4.74 Å². The van der Waals surface area contributed by atoms with Gasteiger partial charge in [0.1, 0.15) is 5.75 Å². The number of benzene rings is 1. The molecule has 0 bridgehead atoms. The zero-order valence-corrected chi connectivity index (χ0v) is 13.4. The van der Waals surface area contributed by atoms with Crippen LogP contribution in [0.4, 0.5) is 0 Å². The summed E-state index contributed by atoms with van der Waals surface area (Å²) in [4.78, 5) is 0. The van der Waals surface area contributed by atoms with Crippen molar-refractivity contribution in [3.63, 3.8) is 0 Å². The van der Waals surface area contributed by atoms with Crippen molar-refractivity contribution in [1.29, 1.82) is 0 Å². The second kappa shape index (κ2) is 7.12. The minimum atomic E-state index is 0.470. The predicted octanol–water partition coefficient (Wildman–Crippen LogP) is 4.48. The molecule has 2 nitrogen and oxygen atoms in total. The molecule has 20 heavy (non-hydrogen) atoms. The van der Waals surface area contributed by atoms with Crippen LogP contribution in [-0.4, -0.2) is 13.7 Å². The summed E-state index contributed by atoms with van der Waals surface area (Å²) in [6, 6.07) is 7.15. The number of rotatable bonds is 5. The number of hydrogen-bond donors (Lipinski definition) is 1. The number of nitrogens with one attached hydrogen (secondary N) is 1. The van der Waals surface area contributed by atoms with Gasteiger partial charge < -0.3 is 10.1 Å². The van der Waals surface area contributed by atoms with Crippen LogP contribution in [0.25, 0.3) is 0 Å². The minimum Gasteiger partial charge on any atom is -0.496 e. The number of methoxy groups -OCH3 is 1. The Bertz CT molecular complexity index is 429. The van der Waals surface area contributed by atoms with E-state index in [1.54, 1.807) is 7.11 Å². The van der Waals surface area contributed by atoms with Crippen LogP contribution in [0.1, 0.15) is 56.7 Å². The predicted molar refractivity (Wildman–Crippen MR) is 85.3 cm³/mol. The molecule has 2 rings (SSSR count). The molecule has 0 heterocycles. The van der Waals surface area contributed by atoms with Crippen molar-refractivity contribution in [2.75, 3.05) is 13.7 Å². The summed E-state index contributed by atoms with van der Waals surface area (Å²) in [7, 11) is 1.76. The van der Waals surface area contributed by atoms with Gasteiger partial charge in [-0.2, -0.15) is 0 Å². The monoisotopic (exact) mass is 275 g/mol. The Kier molecular flexibility index (Phi) is 5.47. The fraction of sp³-hybridized carbons (Fsp3) is 0.667. The lowest BCUT2D eigenvalue weighted by Gasteiger charge is -2.34. The van der Waals surface area contributed by atoms with E-state index < -0.39 is 0 Å². The molecule has 1 aromatic rings. The summed E-state index contributed by atoms with van der Waals surface area (Å²) >= 11 is 0. The van der Waals surface area contributed by atoms with Gasteiger partial charge in [0.05, 0.1) is 7.11 Å².